The second-order valence-corrected chi connectivity index (χ2v) is 8.41. The minimum Gasteiger partial charge on any atom is -0.504 e. The van der Waals surface area contributed by atoms with Crippen molar-refractivity contribution in [2.75, 3.05) is 27.3 Å². The van der Waals surface area contributed by atoms with Gasteiger partial charge in [-0.25, -0.2) is 5.48 Å². The number of aromatic hydroxyl groups is 1. The van der Waals surface area contributed by atoms with Crippen LogP contribution >= 0.6 is 0 Å². The summed E-state index contributed by atoms with van der Waals surface area (Å²) in [5.41, 5.74) is 4.47. The molecular formula is C27H33N3O6. The second-order valence-electron chi connectivity index (χ2n) is 8.41. The highest BCUT2D eigenvalue weighted by atomic mass is 16.5. The van der Waals surface area contributed by atoms with Crippen LogP contribution in [0, 0.1) is 0 Å². The molecule has 2 aromatic carbocycles. The van der Waals surface area contributed by atoms with Gasteiger partial charge in [0, 0.05) is 42.7 Å². The van der Waals surface area contributed by atoms with Gasteiger partial charge in [0.05, 0.1) is 14.2 Å². The number of nitrogens with zero attached hydrogens (tertiary/aromatic N) is 1. The topological polar surface area (TPSA) is 124 Å². The number of aromatic amines is 1. The molecule has 0 fully saturated rings. The van der Waals surface area contributed by atoms with E-state index in [0.717, 1.165) is 40.6 Å². The van der Waals surface area contributed by atoms with E-state index in [1.165, 1.54) is 19.3 Å². The molecule has 0 saturated heterocycles. The number of fused-ring (bicyclic) bond motifs is 1. The van der Waals surface area contributed by atoms with Gasteiger partial charge in [0.25, 0.3) is 0 Å². The van der Waals surface area contributed by atoms with Gasteiger partial charge in [-0.05, 0) is 66.8 Å². The van der Waals surface area contributed by atoms with Crippen molar-refractivity contribution in [3.8, 4) is 17.2 Å². The molecule has 0 saturated carbocycles. The Balaban J connectivity index is 1.69. The maximum Gasteiger partial charge on any atom is 0.246 e. The fraction of sp³-hybridized carbons (Fsp3) is 0.333. The highest BCUT2D eigenvalue weighted by Crippen LogP contribution is 2.27. The monoisotopic (exact) mass is 495 g/mol. The minimum absolute atomic E-state index is 0.0350. The number of methoxy groups -OCH3 is 2. The van der Waals surface area contributed by atoms with Gasteiger partial charge in [0.15, 0.2) is 11.5 Å². The number of carbonyl (C=O) groups is 2. The number of aromatic nitrogens is 1. The molecule has 3 rings (SSSR count). The van der Waals surface area contributed by atoms with Crippen molar-refractivity contribution >= 4 is 28.8 Å². The number of carbonyl (C=O) groups excluding carboxylic acids is 2. The van der Waals surface area contributed by atoms with E-state index in [-0.39, 0.29) is 18.1 Å². The van der Waals surface area contributed by atoms with Crippen LogP contribution in [-0.4, -0.2) is 59.3 Å². The molecule has 0 bridgehead atoms. The number of nitrogens with one attached hydrogen (secondary N) is 2. The molecule has 4 N–H and O–H groups in total. The standard InChI is InChI=1S/C27H33N3O6/c1-35-21-9-10-23-22(17-21)20(18-28-23)13-15-30(14-5-3-4-6-26(32)29-34)27(33)12-8-19-7-11-24(31)25(16-19)36-2/h7-12,16-18,28,31,34H,3-6,13-15H2,1-2H3,(H,29,32)/b12-8+. The van der Waals surface area contributed by atoms with Crippen molar-refractivity contribution in [2.45, 2.75) is 32.1 Å². The Kier molecular flexibility index (Phi) is 9.76. The van der Waals surface area contributed by atoms with Crippen LogP contribution in [0.4, 0.5) is 0 Å². The Labute approximate surface area is 210 Å². The van der Waals surface area contributed by atoms with Crippen LogP contribution in [0.3, 0.4) is 0 Å². The first-order valence-corrected chi connectivity index (χ1v) is 11.9. The number of amides is 2. The number of unbranched alkanes of at least 4 members (excludes halogenated alkanes) is 2. The predicted octanol–water partition coefficient (Wildman–Crippen LogP) is 4.04. The van der Waals surface area contributed by atoms with E-state index in [4.69, 9.17) is 14.7 Å². The summed E-state index contributed by atoms with van der Waals surface area (Å²) < 4.78 is 10.5. The highest BCUT2D eigenvalue weighted by molar-refractivity contribution is 5.92. The summed E-state index contributed by atoms with van der Waals surface area (Å²) in [5.74, 6) is 0.601. The fourth-order valence-corrected chi connectivity index (χ4v) is 3.97. The van der Waals surface area contributed by atoms with Gasteiger partial charge in [-0.1, -0.05) is 12.5 Å². The van der Waals surface area contributed by atoms with Crippen LogP contribution < -0.4 is 15.0 Å². The van der Waals surface area contributed by atoms with Gasteiger partial charge >= 0.3 is 0 Å². The average Bonchev–Trinajstić information content (AvgIpc) is 3.31. The van der Waals surface area contributed by atoms with Crippen molar-refractivity contribution in [1.82, 2.24) is 15.4 Å². The third-order valence-corrected chi connectivity index (χ3v) is 6.02. The molecule has 1 heterocycles. The van der Waals surface area contributed by atoms with Crippen molar-refractivity contribution in [3.63, 3.8) is 0 Å². The number of hydroxylamine groups is 1. The fourth-order valence-electron chi connectivity index (χ4n) is 3.97. The number of phenols is 1. The molecule has 192 valence electrons. The molecule has 36 heavy (non-hydrogen) atoms. The zero-order valence-corrected chi connectivity index (χ0v) is 20.6. The largest absolute Gasteiger partial charge is 0.504 e. The SMILES string of the molecule is COc1ccc2[nH]cc(CCN(CCCCCC(=O)NO)C(=O)/C=C/c3ccc(O)c(OC)c3)c2c1. The molecular weight excluding hydrogens is 462 g/mol. The maximum atomic E-state index is 13.1. The number of hydrogen-bond acceptors (Lipinski definition) is 6. The Hall–Kier alpha value is -3.98. The van der Waals surface area contributed by atoms with Crippen LogP contribution in [-0.2, 0) is 16.0 Å². The number of rotatable bonds is 13. The quantitative estimate of drug-likeness (QED) is 0.123. The summed E-state index contributed by atoms with van der Waals surface area (Å²) in [6, 6.07) is 10.7. The third-order valence-electron chi connectivity index (χ3n) is 6.02. The third kappa shape index (κ3) is 7.26. The van der Waals surface area contributed by atoms with Crippen LogP contribution in [0.5, 0.6) is 17.2 Å². The number of hydrogen-bond donors (Lipinski definition) is 4. The molecule has 0 atom stereocenters. The van der Waals surface area contributed by atoms with Gasteiger partial charge in [0.1, 0.15) is 5.75 Å². The van der Waals surface area contributed by atoms with Gasteiger partial charge in [-0.15, -0.1) is 0 Å². The number of ether oxygens (including phenoxy) is 2. The Morgan fingerprint density at radius 3 is 2.64 bits per heavy atom. The lowest BCUT2D eigenvalue weighted by atomic mass is 10.1. The summed E-state index contributed by atoms with van der Waals surface area (Å²) in [6.07, 6.45) is 8.17. The molecule has 9 nitrogen and oxygen atoms in total. The smallest absolute Gasteiger partial charge is 0.246 e. The first-order chi connectivity index (χ1) is 17.4. The van der Waals surface area contributed by atoms with E-state index in [9.17, 15) is 14.7 Å². The van der Waals surface area contributed by atoms with E-state index < -0.39 is 5.91 Å². The molecule has 2 amide bonds. The number of benzene rings is 2. The zero-order chi connectivity index (χ0) is 25.9. The van der Waals surface area contributed by atoms with Crippen LogP contribution in [0.1, 0.15) is 36.8 Å². The van der Waals surface area contributed by atoms with Crippen molar-refractivity contribution in [2.24, 2.45) is 0 Å². The second kappa shape index (κ2) is 13.2. The van der Waals surface area contributed by atoms with Crippen molar-refractivity contribution in [1.29, 1.82) is 0 Å². The van der Waals surface area contributed by atoms with Gasteiger partial charge < -0.3 is 24.5 Å². The molecule has 0 aliphatic heterocycles. The highest BCUT2D eigenvalue weighted by Gasteiger charge is 2.13. The molecule has 0 spiro atoms. The van der Waals surface area contributed by atoms with E-state index in [1.54, 1.807) is 35.7 Å². The molecule has 0 unspecified atom stereocenters. The lowest BCUT2D eigenvalue weighted by Crippen LogP contribution is -2.32. The Morgan fingerprint density at radius 1 is 1.06 bits per heavy atom. The minimum atomic E-state index is -0.412. The van der Waals surface area contributed by atoms with E-state index >= 15 is 0 Å². The zero-order valence-electron chi connectivity index (χ0n) is 20.6. The van der Waals surface area contributed by atoms with E-state index in [0.29, 0.717) is 31.7 Å². The van der Waals surface area contributed by atoms with E-state index in [1.807, 2.05) is 24.4 Å². The van der Waals surface area contributed by atoms with Crippen LogP contribution in [0.15, 0.2) is 48.7 Å². The maximum absolute atomic E-state index is 13.1. The molecule has 0 aliphatic rings. The number of H-pyrrole nitrogens is 1. The van der Waals surface area contributed by atoms with Gasteiger partial charge in [-0.2, -0.15) is 0 Å². The normalized spacial score (nSPS) is 11.1. The summed E-state index contributed by atoms with van der Waals surface area (Å²) >= 11 is 0. The van der Waals surface area contributed by atoms with Crippen molar-refractivity contribution < 1.29 is 29.4 Å². The summed E-state index contributed by atoms with van der Waals surface area (Å²) in [6.45, 7) is 1.05. The predicted molar refractivity (Wildman–Crippen MR) is 137 cm³/mol. The Morgan fingerprint density at radius 2 is 1.89 bits per heavy atom. The van der Waals surface area contributed by atoms with Gasteiger partial charge in [0.2, 0.25) is 11.8 Å². The summed E-state index contributed by atoms with van der Waals surface area (Å²) in [4.78, 5) is 29.4. The molecule has 3 aromatic rings. The van der Waals surface area contributed by atoms with Gasteiger partial charge in [-0.3, -0.25) is 14.8 Å². The molecule has 1 aromatic heterocycles. The van der Waals surface area contributed by atoms with Crippen LogP contribution in [0.2, 0.25) is 0 Å². The lowest BCUT2D eigenvalue weighted by Gasteiger charge is -2.21. The van der Waals surface area contributed by atoms with E-state index in [2.05, 4.69) is 4.98 Å². The van der Waals surface area contributed by atoms with Crippen molar-refractivity contribution in [3.05, 3.63) is 59.8 Å². The molecule has 9 heteroatoms. The Bertz CT molecular complexity index is 1200. The first-order valence-electron chi connectivity index (χ1n) is 11.9. The lowest BCUT2D eigenvalue weighted by molar-refractivity contribution is -0.129. The molecule has 0 radical (unpaired) electrons. The number of phenolic OH excluding ortho intramolecular Hbond substituents is 1. The van der Waals surface area contributed by atoms with Crippen LogP contribution in [0.25, 0.3) is 17.0 Å². The molecule has 0 aliphatic carbocycles. The first kappa shape index (κ1) is 26.6. The summed E-state index contributed by atoms with van der Waals surface area (Å²) in [7, 11) is 3.11. The average molecular weight is 496 g/mol. The summed E-state index contributed by atoms with van der Waals surface area (Å²) in [5, 5.41) is 19.5.